The van der Waals surface area contributed by atoms with Gasteiger partial charge < -0.3 is 8.83 Å². The summed E-state index contributed by atoms with van der Waals surface area (Å²) in [6.45, 7) is 7.49. The van der Waals surface area contributed by atoms with Crippen molar-refractivity contribution < 1.29 is 8.83 Å². The van der Waals surface area contributed by atoms with Crippen molar-refractivity contribution >= 4 is 11.6 Å². The number of aryl methyl sites for hydroxylation is 2. The fourth-order valence-corrected chi connectivity index (χ4v) is 1.94. The molecule has 0 unspecified atom stereocenters. The highest BCUT2D eigenvalue weighted by Crippen LogP contribution is 2.19. The summed E-state index contributed by atoms with van der Waals surface area (Å²) in [4.78, 5) is 7.88. The van der Waals surface area contributed by atoms with E-state index in [-0.39, 0.29) is 0 Å². The molecule has 0 aliphatic rings. The van der Waals surface area contributed by atoms with Gasteiger partial charge in [0, 0.05) is 36.8 Å². The summed E-state index contributed by atoms with van der Waals surface area (Å²) < 4.78 is 10.4. The minimum Gasteiger partial charge on any atom is -0.421 e. The van der Waals surface area contributed by atoms with Crippen molar-refractivity contribution in [2.24, 2.45) is 0 Å². The topological polar surface area (TPSA) is 104 Å². The lowest BCUT2D eigenvalue weighted by Gasteiger charge is -1.93. The Kier molecular flexibility index (Phi) is 7.57. The Hall–Kier alpha value is -3.13. The van der Waals surface area contributed by atoms with E-state index in [0.717, 1.165) is 5.56 Å². The maximum absolute atomic E-state index is 5.74. The highest BCUT2D eigenvalue weighted by Gasteiger charge is 2.06. The first-order chi connectivity index (χ1) is 13.1. The molecule has 4 rings (SSSR count). The molecule has 0 saturated heterocycles. The number of benzene rings is 1. The van der Waals surface area contributed by atoms with Crippen molar-refractivity contribution in [1.29, 1.82) is 0 Å². The standard InChI is InChI=1S/C9H7ClN2O.C7H6N4O.C2H6/c1-6-11-12-9(13-6)7-2-4-8(10)5-3-7;1-5-10-11-7(12-5)6-4-8-2-3-9-6;1-2/h2-5H,1H3;2-4H,1H3;1-2H3. The van der Waals surface area contributed by atoms with E-state index in [9.17, 15) is 0 Å². The third-order valence-corrected chi connectivity index (χ3v) is 3.18. The molecule has 27 heavy (non-hydrogen) atoms. The molecule has 0 bridgehead atoms. The van der Waals surface area contributed by atoms with Crippen molar-refractivity contribution in [1.82, 2.24) is 30.4 Å². The van der Waals surface area contributed by atoms with Gasteiger partial charge in [-0.3, -0.25) is 4.98 Å². The average Bonchev–Trinajstić information content (AvgIpc) is 3.34. The summed E-state index contributed by atoms with van der Waals surface area (Å²) in [6, 6.07) is 7.26. The van der Waals surface area contributed by atoms with Crippen molar-refractivity contribution in [2.45, 2.75) is 27.7 Å². The zero-order valence-corrected chi connectivity index (χ0v) is 16.2. The predicted octanol–water partition coefficient (Wildman–Crippen LogP) is 4.56. The Morgan fingerprint density at radius 1 is 0.778 bits per heavy atom. The Bertz CT molecular complexity index is 938. The van der Waals surface area contributed by atoms with Crippen LogP contribution < -0.4 is 0 Å². The van der Waals surface area contributed by atoms with Crippen LogP contribution in [-0.4, -0.2) is 30.4 Å². The number of nitrogens with zero attached hydrogens (tertiary/aromatic N) is 6. The van der Waals surface area contributed by atoms with Gasteiger partial charge in [-0.2, -0.15) is 0 Å². The summed E-state index contributed by atoms with van der Waals surface area (Å²) in [5, 5.41) is 15.8. The van der Waals surface area contributed by atoms with E-state index >= 15 is 0 Å². The van der Waals surface area contributed by atoms with Crippen molar-refractivity contribution in [3.05, 3.63) is 59.7 Å². The predicted molar refractivity (Wildman–Crippen MR) is 101 cm³/mol. The molecule has 3 aromatic heterocycles. The molecule has 8 nitrogen and oxygen atoms in total. The molecule has 0 saturated carbocycles. The molecule has 0 N–H and O–H groups in total. The fourth-order valence-electron chi connectivity index (χ4n) is 1.82. The lowest BCUT2D eigenvalue weighted by molar-refractivity contribution is 0.530. The molecule has 1 aromatic carbocycles. The van der Waals surface area contributed by atoms with Crippen LogP contribution >= 0.6 is 11.6 Å². The summed E-state index contributed by atoms with van der Waals surface area (Å²) >= 11 is 5.74. The second kappa shape index (κ2) is 10.1. The van der Waals surface area contributed by atoms with Crippen LogP contribution in [0.3, 0.4) is 0 Å². The molecule has 0 aliphatic carbocycles. The van der Waals surface area contributed by atoms with E-state index in [2.05, 4.69) is 30.4 Å². The third kappa shape index (κ3) is 5.96. The van der Waals surface area contributed by atoms with Crippen LogP contribution in [0.2, 0.25) is 5.02 Å². The Morgan fingerprint density at radius 3 is 1.85 bits per heavy atom. The molecular formula is C18H19ClN6O2. The van der Waals surface area contributed by atoms with Gasteiger partial charge in [0.1, 0.15) is 5.69 Å². The first kappa shape index (κ1) is 20.2. The van der Waals surface area contributed by atoms with Gasteiger partial charge in [-0.15, -0.1) is 20.4 Å². The minimum atomic E-state index is 0.403. The van der Waals surface area contributed by atoms with Crippen LogP contribution in [-0.2, 0) is 0 Å². The molecule has 4 aromatic rings. The Balaban J connectivity index is 0.000000178. The molecule has 0 amide bonds. The van der Waals surface area contributed by atoms with E-state index in [1.807, 2.05) is 26.0 Å². The normalized spacial score (nSPS) is 9.67. The summed E-state index contributed by atoms with van der Waals surface area (Å²) in [5.41, 5.74) is 1.48. The maximum atomic E-state index is 5.74. The summed E-state index contributed by atoms with van der Waals surface area (Å²) in [5.74, 6) is 2.01. The quantitative estimate of drug-likeness (QED) is 0.493. The Morgan fingerprint density at radius 2 is 1.37 bits per heavy atom. The van der Waals surface area contributed by atoms with E-state index < -0.39 is 0 Å². The van der Waals surface area contributed by atoms with Gasteiger partial charge in [-0.1, -0.05) is 25.4 Å². The molecule has 0 radical (unpaired) electrons. The van der Waals surface area contributed by atoms with Crippen molar-refractivity contribution in [2.75, 3.05) is 0 Å². The van der Waals surface area contributed by atoms with Crippen LogP contribution in [0.15, 0.2) is 51.7 Å². The number of aromatic nitrogens is 6. The van der Waals surface area contributed by atoms with Gasteiger partial charge in [-0.05, 0) is 24.3 Å². The molecule has 9 heteroatoms. The molecule has 0 fully saturated rings. The summed E-state index contributed by atoms with van der Waals surface area (Å²) in [7, 11) is 0. The van der Waals surface area contributed by atoms with E-state index in [0.29, 0.717) is 34.3 Å². The van der Waals surface area contributed by atoms with Gasteiger partial charge in [-0.25, -0.2) is 4.98 Å². The number of hydrogen-bond donors (Lipinski definition) is 0. The van der Waals surface area contributed by atoms with Gasteiger partial charge >= 0.3 is 0 Å². The molecule has 0 spiro atoms. The Labute approximate surface area is 161 Å². The largest absolute Gasteiger partial charge is 0.421 e. The molecular weight excluding hydrogens is 368 g/mol. The van der Waals surface area contributed by atoms with E-state index in [1.54, 1.807) is 44.6 Å². The van der Waals surface area contributed by atoms with Crippen LogP contribution in [0.1, 0.15) is 25.6 Å². The lowest BCUT2D eigenvalue weighted by Crippen LogP contribution is -1.83. The average molecular weight is 387 g/mol. The van der Waals surface area contributed by atoms with Gasteiger partial charge in [0.25, 0.3) is 5.89 Å². The van der Waals surface area contributed by atoms with Gasteiger partial charge in [0.15, 0.2) is 0 Å². The zero-order chi connectivity index (χ0) is 19.6. The van der Waals surface area contributed by atoms with E-state index in [1.165, 1.54) is 0 Å². The van der Waals surface area contributed by atoms with Gasteiger partial charge in [0.2, 0.25) is 17.7 Å². The van der Waals surface area contributed by atoms with Crippen LogP contribution in [0, 0.1) is 13.8 Å². The number of halogens is 1. The van der Waals surface area contributed by atoms with Crippen LogP contribution in [0.4, 0.5) is 0 Å². The fraction of sp³-hybridized carbons (Fsp3) is 0.222. The van der Waals surface area contributed by atoms with Crippen LogP contribution in [0.5, 0.6) is 0 Å². The monoisotopic (exact) mass is 386 g/mol. The van der Waals surface area contributed by atoms with Crippen LogP contribution in [0.25, 0.3) is 23.0 Å². The second-order valence-corrected chi connectivity index (χ2v) is 5.29. The first-order valence-corrected chi connectivity index (χ1v) is 8.62. The summed E-state index contributed by atoms with van der Waals surface area (Å²) in [6.07, 6.45) is 4.74. The number of rotatable bonds is 2. The third-order valence-electron chi connectivity index (χ3n) is 2.93. The van der Waals surface area contributed by atoms with Gasteiger partial charge in [0.05, 0.1) is 6.20 Å². The lowest BCUT2D eigenvalue weighted by atomic mass is 10.2. The maximum Gasteiger partial charge on any atom is 0.267 e. The molecule has 3 heterocycles. The van der Waals surface area contributed by atoms with Crippen molar-refractivity contribution in [3.8, 4) is 23.0 Å². The second-order valence-electron chi connectivity index (χ2n) is 4.85. The van der Waals surface area contributed by atoms with E-state index in [4.69, 9.17) is 20.4 Å². The highest BCUT2D eigenvalue weighted by atomic mass is 35.5. The minimum absolute atomic E-state index is 0.403. The van der Waals surface area contributed by atoms with Crippen molar-refractivity contribution in [3.63, 3.8) is 0 Å². The molecule has 0 atom stereocenters. The first-order valence-electron chi connectivity index (χ1n) is 8.24. The highest BCUT2D eigenvalue weighted by molar-refractivity contribution is 6.30. The molecule has 140 valence electrons. The zero-order valence-electron chi connectivity index (χ0n) is 15.4. The SMILES string of the molecule is CC.Cc1nnc(-c2ccc(Cl)cc2)o1.Cc1nnc(-c2cnccn2)o1. The number of hydrogen-bond acceptors (Lipinski definition) is 8. The molecule has 0 aliphatic heterocycles. The smallest absolute Gasteiger partial charge is 0.267 e.